The van der Waals surface area contributed by atoms with Crippen molar-refractivity contribution < 1.29 is 14.3 Å². The molecule has 1 heterocycles. The second-order valence-corrected chi connectivity index (χ2v) is 4.32. The van der Waals surface area contributed by atoms with Gasteiger partial charge < -0.3 is 9.52 Å². The van der Waals surface area contributed by atoms with Crippen molar-refractivity contribution in [1.82, 2.24) is 0 Å². The summed E-state index contributed by atoms with van der Waals surface area (Å²) in [5, 5.41) is 9.00. The molecule has 0 saturated carbocycles. The molecule has 98 valence electrons. The normalized spacial score (nSPS) is 12.8. The van der Waals surface area contributed by atoms with Gasteiger partial charge in [-0.15, -0.1) is 0 Å². The Morgan fingerprint density at radius 3 is 2.78 bits per heavy atom. The van der Waals surface area contributed by atoms with Gasteiger partial charge in [0.15, 0.2) is 0 Å². The minimum Gasteiger partial charge on any atom is -0.475 e. The van der Waals surface area contributed by atoms with E-state index in [2.05, 4.69) is 13.0 Å². The lowest BCUT2D eigenvalue weighted by Crippen LogP contribution is -1.98. The molecule has 0 spiro atoms. The number of hydrogen-bond acceptors (Lipinski definition) is 2. The number of carboxylic acid groups (broad SMARTS) is 1. The van der Waals surface area contributed by atoms with E-state index in [1.807, 2.05) is 19.9 Å². The van der Waals surface area contributed by atoms with Gasteiger partial charge in [-0.1, -0.05) is 31.9 Å². The molecule has 1 aromatic heterocycles. The monoisotopic (exact) mass is 248 g/mol. The van der Waals surface area contributed by atoms with E-state index in [1.54, 1.807) is 6.07 Å². The number of rotatable bonds is 6. The Morgan fingerprint density at radius 2 is 2.17 bits per heavy atom. The third kappa shape index (κ3) is 3.62. The Balaban J connectivity index is 2.89. The second-order valence-electron chi connectivity index (χ2n) is 4.32. The van der Waals surface area contributed by atoms with E-state index < -0.39 is 5.97 Å². The maximum Gasteiger partial charge on any atom is 0.372 e. The number of aromatic carboxylic acids is 1. The third-order valence-corrected chi connectivity index (χ3v) is 2.95. The minimum atomic E-state index is -1.03. The highest BCUT2D eigenvalue weighted by Gasteiger charge is 2.15. The third-order valence-electron chi connectivity index (χ3n) is 2.95. The molecule has 0 radical (unpaired) electrons. The predicted octanol–water partition coefficient (Wildman–Crippen LogP) is 4.52. The highest BCUT2D eigenvalue weighted by atomic mass is 16.4. The summed E-state index contributed by atoms with van der Waals surface area (Å²) in [4.78, 5) is 11.0. The lowest BCUT2D eigenvalue weighted by Gasteiger charge is -2.03. The molecule has 3 heteroatoms. The quantitative estimate of drug-likeness (QED) is 0.595. The van der Waals surface area contributed by atoms with Gasteiger partial charge in [-0.3, -0.25) is 0 Å². The number of hydrogen-bond donors (Lipinski definition) is 1. The molecule has 0 amide bonds. The predicted molar refractivity (Wildman–Crippen MR) is 72.6 cm³/mol. The number of allylic oxidation sites excluding steroid dienone is 4. The van der Waals surface area contributed by atoms with Crippen LogP contribution in [0.4, 0.5) is 0 Å². The number of carbonyl (C=O) groups is 1. The minimum absolute atomic E-state index is 0.00816. The van der Waals surface area contributed by atoms with Gasteiger partial charge in [0.25, 0.3) is 0 Å². The average Bonchev–Trinajstić information content (AvgIpc) is 2.82. The molecule has 0 aromatic carbocycles. The molecule has 3 nitrogen and oxygen atoms in total. The molecule has 0 saturated heterocycles. The molecule has 0 fully saturated rings. The lowest BCUT2D eigenvalue weighted by molar-refractivity contribution is 0.0662. The second kappa shape index (κ2) is 6.84. The van der Waals surface area contributed by atoms with E-state index in [9.17, 15) is 4.79 Å². The fourth-order valence-corrected chi connectivity index (χ4v) is 1.69. The van der Waals surface area contributed by atoms with E-state index in [1.165, 1.54) is 19.1 Å². The van der Waals surface area contributed by atoms with Crippen molar-refractivity contribution in [1.29, 1.82) is 0 Å². The van der Waals surface area contributed by atoms with Gasteiger partial charge in [0.2, 0.25) is 5.76 Å². The number of carboxylic acids is 1. The van der Waals surface area contributed by atoms with E-state index in [4.69, 9.17) is 9.52 Å². The lowest BCUT2D eigenvalue weighted by atomic mass is 10.0. The molecule has 0 atom stereocenters. The van der Waals surface area contributed by atoms with Gasteiger partial charge >= 0.3 is 5.97 Å². The van der Waals surface area contributed by atoms with E-state index in [0.29, 0.717) is 5.56 Å². The van der Waals surface area contributed by atoms with Crippen LogP contribution in [0.5, 0.6) is 0 Å². The average molecular weight is 248 g/mol. The molecule has 1 rings (SSSR count). The highest BCUT2D eigenvalue weighted by molar-refractivity contribution is 5.91. The zero-order valence-corrected chi connectivity index (χ0v) is 11.2. The van der Waals surface area contributed by atoms with Crippen LogP contribution in [0.1, 0.15) is 56.2 Å². The molecule has 1 N–H and O–H groups in total. The summed E-state index contributed by atoms with van der Waals surface area (Å²) in [6.45, 7) is 6.06. The number of unbranched alkanes of at least 4 members (excludes halogenated alkanes) is 2. The smallest absolute Gasteiger partial charge is 0.372 e. The molecule has 0 aliphatic heterocycles. The van der Waals surface area contributed by atoms with Crippen molar-refractivity contribution in [2.75, 3.05) is 0 Å². The summed E-state index contributed by atoms with van der Waals surface area (Å²) in [6.07, 6.45) is 8.99. The Labute approximate surface area is 108 Å². The van der Waals surface area contributed by atoms with Crippen molar-refractivity contribution in [2.24, 2.45) is 0 Å². The van der Waals surface area contributed by atoms with Crippen LogP contribution in [0.2, 0.25) is 0 Å². The maximum absolute atomic E-state index is 11.0. The first-order valence-electron chi connectivity index (χ1n) is 6.23. The van der Waals surface area contributed by atoms with Gasteiger partial charge in [-0.2, -0.15) is 0 Å². The van der Waals surface area contributed by atoms with Gasteiger partial charge in [0.1, 0.15) is 0 Å². The van der Waals surface area contributed by atoms with Crippen LogP contribution in [-0.4, -0.2) is 11.1 Å². The summed E-state index contributed by atoms with van der Waals surface area (Å²) in [7, 11) is 0. The number of furan rings is 1. The molecule has 0 bridgehead atoms. The van der Waals surface area contributed by atoms with Gasteiger partial charge in [0.05, 0.1) is 6.26 Å². The summed E-state index contributed by atoms with van der Waals surface area (Å²) in [5.41, 5.74) is 2.66. The Hall–Kier alpha value is -1.77. The van der Waals surface area contributed by atoms with Crippen LogP contribution in [-0.2, 0) is 0 Å². The molecule has 18 heavy (non-hydrogen) atoms. The summed E-state index contributed by atoms with van der Waals surface area (Å²) in [5.74, 6) is -1.02. The summed E-state index contributed by atoms with van der Waals surface area (Å²) in [6, 6.07) is 1.70. The zero-order valence-electron chi connectivity index (χ0n) is 11.2. The van der Waals surface area contributed by atoms with E-state index >= 15 is 0 Å². The molecule has 1 aromatic rings. The molecule has 0 unspecified atom stereocenters. The maximum atomic E-state index is 11.0. The van der Waals surface area contributed by atoms with Crippen LogP contribution in [0.25, 0.3) is 5.57 Å². The van der Waals surface area contributed by atoms with Crippen LogP contribution < -0.4 is 0 Å². The van der Waals surface area contributed by atoms with E-state index in [0.717, 1.165) is 17.6 Å². The van der Waals surface area contributed by atoms with Crippen LogP contribution in [0.3, 0.4) is 0 Å². The Kier molecular flexibility index (Phi) is 5.43. The van der Waals surface area contributed by atoms with Crippen LogP contribution >= 0.6 is 0 Å². The standard InChI is InChI=1S/C15H20O3/c1-4-5-6-7-8-11(2)12(3)13-9-10-18-14(13)15(16)17/h7-10H,4-6H2,1-3H3,(H,16,17)/b8-7+,12-11+. The first-order valence-corrected chi connectivity index (χ1v) is 6.23. The fraction of sp³-hybridized carbons (Fsp3) is 0.400. The van der Waals surface area contributed by atoms with Gasteiger partial charge in [0, 0.05) is 5.56 Å². The molecule has 0 aliphatic carbocycles. The Morgan fingerprint density at radius 1 is 1.44 bits per heavy atom. The van der Waals surface area contributed by atoms with Crippen LogP contribution in [0, 0.1) is 0 Å². The SMILES string of the molecule is CCCC/C=C/C(C)=C(\C)c1ccoc1C(=O)O. The van der Waals surface area contributed by atoms with Crippen molar-refractivity contribution in [2.45, 2.75) is 40.0 Å². The fourth-order valence-electron chi connectivity index (χ4n) is 1.69. The molecule has 0 aliphatic rings. The van der Waals surface area contributed by atoms with Crippen molar-refractivity contribution in [3.63, 3.8) is 0 Å². The van der Waals surface area contributed by atoms with Gasteiger partial charge in [-0.05, 0) is 37.5 Å². The first kappa shape index (κ1) is 14.3. The van der Waals surface area contributed by atoms with Crippen molar-refractivity contribution >= 4 is 11.5 Å². The highest BCUT2D eigenvalue weighted by Crippen LogP contribution is 2.24. The van der Waals surface area contributed by atoms with Gasteiger partial charge in [-0.25, -0.2) is 4.79 Å². The summed E-state index contributed by atoms with van der Waals surface area (Å²) >= 11 is 0. The molecular weight excluding hydrogens is 228 g/mol. The Bertz CT molecular complexity index is 464. The largest absolute Gasteiger partial charge is 0.475 e. The zero-order chi connectivity index (χ0) is 13.5. The van der Waals surface area contributed by atoms with Crippen LogP contribution in [0.15, 0.2) is 34.5 Å². The first-order chi connectivity index (χ1) is 8.57. The topological polar surface area (TPSA) is 50.4 Å². The van der Waals surface area contributed by atoms with E-state index in [-0.39, 0.29) is 5.76 Å². The molecular formula is C15H20O3. The van der Waals surface area contributed by atoms with Crippen molar-refractivity contribution in [3.05, 3.63) is 41.4 Å². The summed E-state index contributed by atoms with van der Waals surface area (Å²) < 4.78 is 4.98. The van der Waals surface area contributed by atoms with Crippen molar-refractivity contribution in [3.8, 4) is 0 Å².